The number of carbonyl (C=O) groups excluding carboxylic acids is 1. The van der Waals surface area contributed by atoms with Gasteiger partial charge in [-0.1, -0.05) is 42.5 Å². The van der Waals surface area contributed by atoms with Gasteiger partial charge in [0.1, 0.15) is 0 Å². The Morgan fingerprint density at radius 1 is 0.966 bits per heavy atom. The molecule has 29 heavy (non-hydrogen) atoms. The highest BCUT2D eigenvalue weighted by Gasteiger charge is 2.24. The molecule has 0 bridgehead atoms. The Balaban J connectivity index is 1.50. The Bertz CT molecular complexity index is 975. The van der Waals surface area contributed by atoms with Crippen LogP contribution in [0.5, 0.6) is 0 Å². The molecule has 4 nitrogen and oxygen atoms in total. The monoisotopic (exact) mass is 387 g/mol. The summed E-state index contributed by atoms with van der Waals surface area (Å²) in [5.41, 5.74) is 3.16. The highest BCUT2D eigenvalue weighted by Crippen LogP contribution is 2.26. The second-order valence-electron chi connectivity index (χ2n) is 8.02. The van der Waals surface area contributed by atoms with Crippen LogP contribution in [0.25, 0.3) is 10.8 Å². The van der Waals surface area contributed by atoms with Gasteiger partial charge in [0.25, 0.3) is 5.91 Å². The van der Waals surface area contributed by atoms with Crippen molar-refractivity contribution in [3.05, 3.63) is 77.9 Å². The average molecular weight is 388 g/mol. The van der Waals surface area contributed by atoms with Crippen molar-refractivity contribution < 1.29 is 4.79 Å². The lowest BCUT2D eigenvalue weighted by molar-refractivity contribution is 0.0938. The maximum absolute atomic E-state index is 12.8. The summed E-state index contributed by atoms with van der Waals surface area (Å²) in [6, 6.07) is 22.9. The van der Waals surface area contributed by atoms with Crippen molar-refractivity contribution in [2.24, 2.45) is 0 Å². The molecule has 4 heteroatoms. The van der Waals surface area contributed by atoms with E-state index in [9.17, 15) is 4.79 Å². The summed E-state index contributed by atoms with van der Waals surface area (Å²) in [5.74, 6) is -0.00939. The molecule has 1 aliphatic rings. The maximum atomic E-state index is 12.8. The molecule has 0 radical (unpaired) electrons. The third-order valence-electron chi connectivity index (χ3n) is 5.84. The number of hydrogen-bond donors (Lipinski definition) is 1. The first kappa shape index (κ1) is 19.5. The van der Waals surface area contributed by atoms with Crippen molar-refractivity contribution in [3.8, 4) is 0 Å². The van der Waals surface area contributed by atoms with Crippen LogP contribution in [-0.2, 0) is 0 Å². The van der Waals surface area contributed by atoms with Gasteiger partial charge in [-0.3, -0.25) is 9.69 Å². The van der Waals surface area contributed by atoms with Crippen molar-refractivity contribution in [2.75, 3.05) is 38.6 Å². The van der Waals surface area contributed by atoms with Gasteiger partial charge in [0.15, 0.2) is 0 Å². The summed E-state index contributed by atoms with van der Waals surface area (Å²) in [5, 5.41) is 5.43. The van der Waals surface area contributed by atoms with E-state index in [1.54, 1.807) is 0 Å². The smallest absolute Gasteiger partial charge is 0.251 e. The summed E-state index contributed by atoms with van der Waals surface area (Å²) in [6.07, 6.45) is 2.45. The van der Waals surface area contributed by atoms with Gasteiger partial charge in [0.05, 0.1) is 6.04 Å². The van der Waals surface area contributed by atoms with Crippen molar-refractivity contribution >= 4 is 22.4 Å². The zero-order valence-electron chi connectivity index (χ0n) is 17.3. The predicted octanol–water partition coefficient (Wildman–Crippen LogP) is 4.47. The molecule has 150 valence electrons. The lowest BCUT2D eigenvalue weighted by atomic mass is 10.0. The van der Waals surface area contributed by atoms with E-state index in [0.29, 0.717) is 12.1 Å². The molecule has 0 spiro atoms. The third-order valence-corrected chi connectivity index (χ3v) is 5.84. The number of benzene rings is 3. The first-order valence-electron chi connectivity index (χ1n) is 10.4. The molecule has 1 saturated heterocycles. The van der Waals surface area contributed by atoms with E-state index in [4.69, 9.17) is 0 Å². The van der Waals surface area contributed by atoms with E-state index in [-0.39, 0.29) is 11.9 Å². The van der Waals surface area contributed by atoms with Gasteiger partial charge < -0.3 is 10.2 Å². The highest BCUT2D eigenvalue weighted by molar-refractivity contribution is 5.98. The van der Waals surface area contributed by atoms with Crippen LogP contribution in [0.2, 0.25) is 0 Å². The number of anilines is 1. The van der Waals surface area contributed by atoms with E-state index < -0.39 is 0 Å². The molecule has 3 aromatic rings. The largest absolute Gasteiger partial charge is 0.378 e. The van der Waals surface area contributed by atoms with Crippen LogP contribution >= 0.6 is 0 Å². The number of fused-ring (bicyclic) bond motifs is 1. The second kappa shape index (κ2) is 8.66. The van der Waals surface area contributed by atoms with Gasteiger partial charge in [-0.2, -0.15) is 0 Å². The summed E-state index contributed by atoms with van der Waals surface area (Å²) < 4.78 is 0. The fraction of sp³-hybridized carbons (Fsp3) is 0.320. The molecule has 3 aromatic carbocycles. The summed E-state index contributed by atoms with van der Waals surface area (Å²) in [6.45, 7) is 2.80. The molecule has 0 aliphatic carbocycles. The minimum absolute atomic E-state index is 0.00939. The molecular weight excluding hydrogens is 358 g/mol. The van der Waals surface area contributed by atoms with Gasteiger partial charge in [-0.15, -0.1) is 0 Å². The van der Waals surface area contributed by atoms with Gasteiger partial charge in [-0.25, -0.2) is 0 Å². The zero-order chi connectivity index (χ0) is 20.2. The fourth-order valence-electron chi connectivity index (χ4n) is 4.13. The van der Waals surface area contributed by atoms with Crippen LogP contribution in [0.15, 0.2) is 66.7 Å². The van der Waals surface area contributed by atoms with E-state index in [1.807, 2.05) is 36.4 Å². The number of nitrogens with one attached hydrogen (secondary N) is 1. The standard InChI is InChI=1S/C25H29N3O/c1-27(2)23-13-11-20(12-14-23)24(28-15-5-6-16-28)18-26-25(29)22-10-9-19-7-3-4-8-21(19)17-22/h3-4,7-14,17,24H,5-6,15-16,18H2,1-2H3,(H,26,29). The van der Waals surface area contributed by atoms with E-state index >= 15 is 0 Å². The Hall–Kier alpha value is -2.85. The van der Waals surface area contributed by atoms with Crippen LogP contribution < -0.4 is 10.2 Å². The topological polar surface area (TPSA) is 35.6 Å². The van der Waals surface area contributed by atoms with Crippen LogP contribution in [0.3, 0.4) is 0 Å². The van der Waals surface area contributed by atoms with Crippen LogP contribution in [0.4, 0.5) is 5.69 Å². The van der Waals surface area contributed by atoms with E-state index in [0.717, 1.165) is 23.9 Å². The molecule has 1 unspecified atom stereocenters. The quantitative estimate of drug-likeness (QED) is 0.678. The molecule has 0 aromatic heterocycles. The lowest BCUT2D eigenvalue weighted by Crippen LogP contribution is -2.36. The Labute approximate surface area is 173 Å². The first-order valence-corrected chi connectivity index (χ1v) is 10.4. The number of hydrogen-bond acceptors (Lipinski definition) is 3. The minimum atomic E-state index is -0.00939. The van der Waals surface area contributed by atoms with Crippen molar-refractivity contribution in [2.45, 2.75) is 18.9 Å². The predicted molar refractivity (Wildman–Crippen MR) is 121 cm³/mol. The van der Waals surface area contributed by atoms with Crippen LogP contribution in [-0.4, -0.2) is 44.5 Å². The zero-order valence-corrected chi connectivity index (χ0v) is 17.3. The number of carbonyl (C=O) groups is 1. The molecule has 1 N–H and O–H groups in total. The number of amides is 1. The normalized spacial score (nSPS) is 15.4. The molecule has 4 rings (SSSR count). The van der Waals surface area contributed by atoms with Gasteiger partial charge >= 0.3 is 0 Å². The first-order chi connectivity index (χ1) is 14.1. The van der Waals surface area contributed by atoms with E-state index in [2.05, 4.69) is 59.5 Å². The Kier molecular flexibility index (Phi) is 5.81. The lowest BCUT2D eigenvalue weighted by Gasteiger charge is -2.28. The number of nitrogens with zero attached hydrogens (tertiary/aromatic N) is 2. The van der Waals surface area contributed by atoms with Crippen molar-refractivity contribution in [1.82, 2.24) is 10.2 Å². The summed E-state index contributed by atoms with van der Waals surface area (Å²) in [4.78, 5) is 17.4. The second-order valence-corrected chi connectivity index (χ2v) is 8.02. The fourth-order valence-corrected chi connectivity index (χ4v) is 4.13. The number of likely N-dealkylation sites (tertiary alicyclic amines) is 1. The third kappa shape index (κ3) is 4.43. The van der Waals surface area contributed by atoms with Crippen LogP contribution in [0, 0.1) is 0 Å². The molecule has 1 atom stereocenters. The molecular formula is C25H29N3O. The van der Waals surface area contributed by atoms with Crippen molar-refractivity contribution in [1.29, 1.82) is 0 Å². The molecule has 0 saturated carbocycles. The summed E-state index contributed by atoms with van der Waals surface area (Å²) >= 11 is 0. The highest BCUT2D eigenvalue weighted by atomic mass is 16.1. The maximum Gasteiger partial charge on any atom is 0.251 e. The summed E-state index contributed by atoms with van der Waals surface area (Å²) in [7, 11) is 4.10. The molecule has 1 heterocycles. The van der Waals surface area contributed by atoms with E-state index in [1.165, 1.54) is 24.1 Å². The molecule has 1 amide bonds. The van der Waals surface area contributed by atoms with Crippen LogP contribution in [0.1, 0.15) is 34.8 Å². The van der Waals surface area contributed by atoms with Gasteiger partial charge in [0, 0.05) is 31.9 Å². The minimum Gasteiger partial charge on any atom is -0.378 e. The Morgan fingerprint density at radius 3 is 2.34 bits per heavy atom. The van der Waals surface area contributed by atoms with Gasteiger partial charge in [0.2, 0.25) is 0 Å². The number of rotatable bonds is 6. The molecule has 1 aliphatic heterocycles. The Morgan fingerprint density at radius 2 is 1.66 bits per heavy atom. The van der Waals surface area contributed by atoms with Gasteiger partial charge in [-0.05, 0) is 66.5 Å². The average Bonchev–Trinajstić information content (AvgIpc) is 3.28. The molecule has 1 fully saturated rings. The SMILES string of the molecule is CN(C)c1ccc(C(CNC(=O)c2ccc3ccccc3c2)N2CCCC2)cc1. The van der Waals surface area contributed by atoms with Crippen molar-refractivity contribution in [3.63, 3.8) is 0 Å².